The van der Waals surface area contributed by atoms with Gasteiger partial charge in [0.1, 0.15) is 0 Å². The number of pyridine rings is 1. The largest absolute Gasteiger partial charge is 0.248 e. The minimum atomic E-state index is 0.603. The van der Waals surface area contributed by atoms with Crippen molar-refractivity contribution in [3.8, 4) is 84.5 Å². The van der Waals surface area contributed by atoms with Crippen molar-refractivity contribution in [2.75, 3.05) is 0 Å². The van der Waals surface area contributed by atoms with Crippen LogP contribution in [-0.2, 0) is 0 Å². The summed E-state index contributed by atoms with van der Waals surface area (Å²) in [5.41, 5.74) is 16.3. The normalized spacial score (nSPS) is 10.9. The van der Waals surface area contributed by atoms with E-state index in [2.05, 4.69) is 140 Å². The molecule has 0 radical (unpaired) electrons. The van der Waals surface area contributed by atoms with E-state index >= 15 is 0 Å². The first-order chi connectivity index (χ1) is 26.7. The molecule has 0 atom stereocenters. The third-order valence-corrected chi connectivity index (χ3v) is 9.71. The maximum Gasteiger partial charge on any atom is 0.0991 e. The maximum absolute atomic E-state index is 9.39. The summed E-state index contributed by atoms with van der Waals surface area (Å²) in [6.07, 6.45) is 0. The first-order valence-corrected chi connectivity index (χ1v) is 17.9. The Morgan fingerprint density at radius 2 is 0.704 bits per heavy atom. The van der Waals surface area contributed by atoms with Crippen molar-refractivity contribution in [2.24, 2.45) is 0 Å². The van der Waals surface area contributed by atoms with E-state index in [9.17, 15) is 5.26 Å². The molecule has 0 unspecified atom stereocenters. The lowest BCUT2D eigenvalue weighted by molar-refractivity contribution is 1.29. The molecular weight excluding hydrogens is 657 g/mol. The summed E-state index contributed by atoms with van der Waals surface area (Å²) in [7, 11) is 0. The second kappa shape index (κ2) is 14.3. The summed E-state index contributed by atoms with van der Waals surface area (Å²) in [4.78, 5) is 15.4. The Morgan fingerprint density at radius 3 is 1.24 bits per heavy atom. The van der Waals surface area contributed by atoms with Crippen molar-refractivity contribution in [1.82, 2.24) is 15.0 Å². The van der Waals surface area contributed by atoms with Crippen LogP contribution >= 0.6 is 0 Å². The van der Waals surface area contributed by atoms with E-state index in [1.54, 1.807) is 0 Å². The molecule has 0 saturated carbocycles. The van der Waals surface area contributed by atoms with Gasteiger partial charge in [-0.1, -0.05) is 146 Å². The van der Waals surface area contributed by atoms with Crippen LogP contribution in [0.25, 0.3) is 89.4 Å². The molecule has 4 nitrogen and oxygen atoms in total. The molecule has 2 aromatic heterocycles. The number of hydrogen-bond donors (Lipinski definition) is 0. The highest BCUT2D eigenvalue weighted by atomic mass is 14.8. The molecule has 0 aliphatic heterocycles. The third kappa shape index (κ3) is 6.54. The quantitative estimate of drug-likeness (QED) is 0.167. The summed E-state index contributed by atoms with van der Waals surface area (Å²) < 4.78 is 0. The Morgan fingerprint density at radius 1 is 0.296 bits per heavy atom. The van der Waals surface area contributed by atoms with E-state index in [1.165, 1.54) is 11.1 Å². The van der Waals surface area contributed by atoms with Gasteiger partial charge in [-0.15, -0.1) is 0 Å². The molecule has 7 aromatic carbocycles. The fourth-order valence-electron chi connectivity index (χ4n) is 6.89. The molecule has 0 aliphatic rings. The van der Waals surface area contributed by atoms with Gasteiger partial charge in [-0.3, -0.25) is 0 Å². The summed E-state index contributed by atoms with van der Waals surface area (Å²) in [5, 5.41) is 9.39. The average molecular weight is 689 g/mol. The van der Waals surface area contributed by atoms with Crippen molar-refractivity contribution in [3.63, 3.8) is 0 Å². The topological polar surface area (TPSA) is 62.5 Å². The van der Waals surface area contributed by atoms with Crippen LogP contribution in [0.1, 0.15) is 5.56 Å². The lowest BCUT2D eigenvalue weighted by Crippen LogP contribution is -1.96. The van der Waals surface area contributed by atoms with Gasteiger partial charge in [0, 0.05) is 22.3 Å². The zero-order valence-corrected chi connectivity index (χ0v) is 29.3. The molecule has 0 spiro atoms. The molecule has 0 aliphatic carbocycles. The first kappa shape index (κ1) is 32.4. The van der Waals surface area contributed by atoms with Crippen LogP contribution in [0.15, 0.2) is 194 Å². The molecule has 9 aromatic rings. The molecule has 0 bridgehead atoms. The van der Waals surface area contributed by atoms with E-state index in [1.807, 2.05) is 60.7 Å². The molecule has 0 N–H and O–H groups in total. The minimum absolute atomic E-state index is 0.603. The molecule has 252 valence electrons. The van der Waals surface area contributed by atoms with Crippen LogP contribution in [0.3, 0.4) is 0 Å². The van der Waals surface area contributed by atoms with Gasteiger partial charge in [0.05, 0.1) is 45.4 Å². The van der Waals surface area contributed by atoms with Gasteiger partial charge < -0.3 is 0 Å². The Kier molecular flexibility index (Phi) is 8.57. The molecule has 0 saturated heterocycles. The number of nitriles is 1. The van der Waals surface area contributed by atoms with Crippen LogP contribution in [0.2, 0.25) is 0 Å². The lowest BCUT2D eigenvalue weighted by atomic mass is 9.95. The second-order valence-electron chi connectivity index (χ2n) is 13.2. The van der Waals surface area contributed by atoms with Gasteiger partial charge in [0.25, 0.3) is 0 Å². The van der Waals surface area contributed by atoms with E-state index in [0.29, 0.717) is 5.56 Å². The average Bonchev–Trinajstić information content (AvgIpc) is 3.26. The van der Waals surface area contributed by atoms with Gasteiger partial charge in [0.2, 0.25) is 0 Å². The zero-order valence-electron chi connectivity index (χ0n) is 29.3. The molecule has 54 heavy (non-hydrogen) atoms. The fraction of sp³-hybridized carbons (Fsp3) is 0. The molecule has 9 rings (SSSR count). The molecular formula is C50H32N4. The van der Waals surface area contributed by atoms with Crippen molar-refractivity contribution >= 4 is 11.0 Å². The van der Waals surface area contributed by atoms with Gasteiger partial charge in [-0.2, -0.15) is 5.26 Å². The van der Waals surface area contributed by atoms with E-state index in [0.717, 1.165) is 78.3 Å². The molecule has 0 fully saturated rings. The highest BCUT2D eigenvalue weighted by Crippen LogP contribution is 2.36. The lowest BCUT2D eigenvalue weighted by Gasteiger charge is -2.13. The van der Waals surface area contributed by atoms with E-state index in [4.69, 9.17) is 15.0 Å². The predicted molar refractivity (Wildman–Crippen MR) is 220 cm³/mol. The zero-order chi connectivity index (χ0) is 36.3. The highest BCUT2D eigenvalue weighted by molar-refractivity contribution is 5.87. The van der Waals surface area contributed by atoms with Crippen molar-refractivity contribution < 1.29 is 0 Å². The van der Waals surface area contributed by atoms with Crippen LogP contribution < -0.4 is 0 Å². The number of aromatic nitrogens is 3. The number of fused-ring (bicyclic) bond motifs is 1. The number of benzene rings is 7. The number of nitrogens with zero attached hydrogens (tertiary/aromatic N) is 4. The Bertz CT molecular complexity index is 2700. The third-order valence-electron chi connectivity index (χ3n) is 9.71. The monoisotopic (exact) mass is 688 g/mol. The second-order valence-corrected chi connectivity index (χ2v) is 13.2. The van der Waals surface area contributed by atoms with Gasteiger partial charge in [-0.05, 0) is 81.9 Å². The SMILES string of the molecule is N#Cc1ccc(-c2nc3ccccc3nc2-c2ccc(-c3cc(-c4cccc(-c5ccccc5)c4)cc(-c4cccc(-c5ccccc5)c4)n3)cc2)cc1. The minimum Gasteiger partial charge on any atom is -0.248 e. The predicted octanol–water partition coefficient (Wildman–Crippen LogP) is 12.6. The van der Waals surface area contributed by atoms with Gasteiger partial charge in [0.15, 0.2) is 0 Å². The van der Waals surface area contributed by atoms with Crippen molar-refractivity contribution in [1.29, 1.82) is 5.26 Å². The molecule has 2 heterocycles. The van der Waals surface area contributed by atoms with Crippen LogP contribution in [0, 0.1) is 11.3 Å². The Labute approximate surface area is 314 Å². The fourth-order valence-corrected chi connectivity index (χ4v) is 6.89. The summed E-state index contributed by atoms with van der Waals surface area (Å²) in [6.45, 7) is 0. The summed E-state index contributed by atoms with van der Waals surface area (Å²) >= 11 is 0. The highest BCUT2D eigenvalue weighted by Gasteiger charge is 2.15. The van der Waals surface area contributed by atoms with Crippen LogP contribution in [-0.4, -0.2) is 15.0 Å². The Hall–Kier alpha value is -7.48. The number of hydrogen-bond acceptors (Lipinski definition) is 4. The number of para-hydroxylation sites is 2. The molecule has 4 heteroatoms. The van der Waals surface area contributed by atoms with E-state index in [-0.39, 0.29) is 0 Å². The first-order valence-electron chi connectivity index (χ1n) is 17.9. The van der Waals surface area contributed by atoms with Crippen LogP contribution in [0.4, 0.5) is 0 Å². The van der Waals surface area contributed by atoms with E-state index < -0.39 is 0 Å². The van der Waals surface area contributed by atoms with Gasteiger partial charge >= 0.3 is 0 Å². The smallest absolute Gasteiger partial charge is 0.0991 e. The van der Waals surface area contributed by atoms with Gasteiger partial charge in [-0.25, -0.2) is 15.0 Å². The maximum atomic E-state index is 9.39. The summed E-state index contributed by atoms with van der Waals surface area (Å²) in [5.74, 6) is 0. The number of rotatable bonds is 7. The Balaban J connectivity index is 1.16. The van der Waals surface area contributed by atoms with Crippen LogP contribution in [0.5, 0.6) is 0 Å². The standard InChI is InChI=1S/C50H32N4/c51-33-34-21-23-38(24-22-34)49-50(54-46-20-8-7-19-45(46)53-49)39-27-25-37(26-28-39)47-31-44(42-17-9-15-40(29-42)35-11-3-1-4-12-35)32-48(52-47)43-18-10-16-41(30-43)36-13-5-2-6-14-36/h1-32H. The van der Waals surface area contributed by atoms with Crippen molar-refractivity contribution in [3.05, 3.63) is 200 Å². The molecule has 0 amide bonds. The van der Waals surface area contributed by atoms with Crippen molar-refractivity contribution in [2.45, 2.75) is 0 Å². The summed E-state index contributed by atoms with van der Waals surface area (Å²) in [6, 6.07) is 68.7.